The number of carbonyl (C=O) groups excluding carboxylic acids is 1. The molecule has 0 spiro atoms. The van der Waals surface area contributed by atoms with E-state index in [1.54, 1.807) is 49.5 Å². The highest BCUT2D eigenvalue weighted by Gasteiger charge is 2.11. The molecular weight excluding hydrogens is 271 g/mol. The Balaban J connectivity index is 1.87. The maximum Gasteiger partial charge on any atom is 0.252 e. The van der Waals surface area contributed by atoms with Crippen LogP contribution in [0.3, 0.4) is 0 Å². The summed E-state index contributed by atoms with van der Waals surface area (Å²) in [6.07, 6.45) is 0. The minimum Gasteiger partial charge on any atom is -0.399 e. The van der Waals surface area contributed by atoms with Crippen molar-refractivity contribution in [1.29, 1.82) is 0 Å². The Morgan fingerprint density at radius 1 is 1.19 bits per heavy atom. The summed E-state index contributed by atoms with van der Waals surface area (Å²) in [4.78, 5) is 13.5. The third-order valence-electron chi connectivity index (χ3n) is 3.10. The Morgan fingerprint density at radius 2 is 1.86 bits per heavy atom. The molecule has 0 saturated heterocycles. The average molecular weight is 288 g/mol. The van der Waals surface area contributed by atoms with Crippen LogP contribution in [0.4, 0.5) is 15.8 Å². The molecule has 0 bridgehead atoms. The highest BCUT2D eigenvalue weighted by Crippen LogP contribution is 2.15. The van der Waals surface area contributed by atoms with Crippen LogP contribution in [0.25, 0.3) is 0 Å². The van der Waals surface area contributed by atoms with Gasteiger partial charge in [-0.05, 0) is 30.3 Å². The molecule has 0 aliphatic carbocycles. The zero-order valence-electron chi connectivity index (χ0n) is 11.8. The molecule has 2 rings (SSSR count). The Bertz CT molecular complexity index is 614. The lowest BCUT2D eigenvalue weighted by Gasteiger charge is -2.17. The first-order valence-corrected chi connectivity index (χ1v) is 6.51. The number of carbonyl (C=O) groups is 1. The highest BCUT2D eigenvalue weighted by molar-refractivity contribution is 5.93. The van der Waals surface area contributed by atoms with E-state index in [4.69, 9.17) is 10.5 Å². The van der Waals surface area contributed by atoms with E-state index in [9.17, 15) is 9.18 Å². The van der Waals surface area contributed by atoms with Crippen LogP contribution in [0.5, 0.6) is 0 Å². The summed E-state index contributed by atoms with van der Waals surface area (Å²) in [6.45, 7) is -0.0524. The monoisotopic (exact) mass is 288 g/mol. The van der Waals surface area contributed by atoms with Crippen molar-refractivity contribution in [3.8, 4) is 0 Å². The van der Waals surface area contributed by atoms with E-state index >= 15 is 0 Å². The zero-order chi connectivity index (χ0) is 15.2. The van der Waals surface area contributed by atoms with E-state index in [0.29, 0.717) is 11.3 Å². The lowest BCUT2D eigenvalue weighted by atomic mass is 10.2. The van der Waals surface area contributed by atoms with Gasteiger partial charge in [-0.1, -0.05) is 18.2 Å². The van der Waals surface area contributed by atoms with Gasteiger partial charge in [0.15, 0.2) is 0 Å². The van der Waals surface area contributed by atoms with Crippen molar-refractivity contribution in [2.24, 2.45) is 0 Å². The maximum atomic E-state index is 13.4. The largest absolute Gasteiger partial charge is 0.399 e. The lowest BCUT2D eigenvalue weighted by Crippen LogP contribution is -2.30. The van der Waals surface area contributed by atoms with E-state index < -0.39 is 0 Å². The number of hydrogen-bond donors (Lipinski definition) is 1. The van der Waals surface area contributed by atoms with Gasteiger partial charge in [0.25, 0.3) is 5.91 Å². The first-order chi connectivity index (χ1) is 10.1. The number of benzene rings is 2. The van der Waals surface area contributed by atoms with Crippen LogP contribution >= 0.6 is 0 Å². The van der Waals surface area contributed by atoms with E-state index in [1.165, 1.54) is 11.0 Å². The molecule has 0 unspecified atom stereocenters. The fourth-order valence-electron chi connectivity index (χ4n) is 1.80. The van der Waals surface area contributed by atoms with Crippen LogP contribution in [-0.4, -0.2) is 19.6 Å². The van der Waals surface area contributed by atoms with Crippen molar-refractivity contribution in [3.05, 3.63) is 59.9 Å². The number of amides is 1. The zero-order valence-corrected chi connectivity index (χ0v) is 11.8. The Morgan fingerprint density at radius 3 is 2.52 bits per heavy atom. The van der Waals surface area contributed by atoms with E-state index in [2.05, 4.69) is 0 Å². The van der Waals surface area contributed by atoms with E-state index in [1.807, 2.05) is 0 Å². The number of rotatable bonds is 5. The number of nitrogens with two attached hydrogens (primary N) is 1. The summed E-state index contributed by atoms with van der Waals surface area (Å²) >= 11 is 0. The topological polar surface area (TPSA) is 55.6 Å². The maximum absolute atomic E-state index is 13.4. The van der Waals surface area contributed by atoms with Gasteiger partial charge < -0.3 is 15.4 Å². The molecule has 0 aromatic heterocycles. The van der Waals surface area contributed by atoms with Gasteiger partial charge in [-0.25, -0.2) is 4.39 Å². The SMILES string of the molecule is CN(C(=O)COCc1ccccc1F)c1ccc(N)cc1. The van der Waals surface area contributed by atoms with Gasteiger partial charge in [-0.2, -0.15) is 0 Å². The van der Waals surface area contributed by atoms with Crippen LogP contribution in [0.15, 0.2) is 48.5 Å². The molecule has 0 aliphatic heterocycles. The Kier molecular flexibility index (Phi) is 4.90. The minimum atomic E-state index is -0.336. The van der Waals surface area contributed by atoms with Gasteiger partial charge in [0.05, 0.1) is 6.61 Å². The smallest absolute Gasteiger partial charge is 0.252 e. The molecule has 0 aliphatic rings. The number of hydrogen-bond acceptors (Lipinski definition) is 3. The molecule has 110 valence electrons. The summed E-state index contributed by atoms with van der Waals surface area (Å²) in [7, 11) is 1.65. The molecule has 0 atom stereocenters. The van der Waals surface area contributed by atoms with Crippen LogP contribution < -0.4 is 10.6 Å². The van der Waals surface area contributed by atoms with Crippen molar-refractivity contribution in [3.63, 3.8) is 0 Å². The fraction of sp³-hybridized carbons (Fsp3) is 0.188. The van der Waals surface area contributed by atoms with E-state index in [0.717, 1.165) is 5.69 Å². The number of halogens is 1. The van der Waals surface area contributed by atoms with Crippen LogP contribution in [0.2, 0.25) is 0 Å². The summed E-state index contributed by atoms with van der Waals surface area (Å²) in [5.74, 6) is -0.548. The summed E-state index contributed by atoms with van der Waals surface area (Å²) in [6, 6.07) is 13.3. The standard InChI is InChI=1S/C16H17FN2O2/c1-19(14-8-6-13(18)7-9-14)16(20)11-21-10-12-4-2-3-5-15(12)17/h2-9H,10-11,18H2,1H3. The summed E-state index contributed by atoms with van der Waals surface area (Å²) < 4.78 is 18.7. The highest BCUT2D eigenvalue weighted by atomic mass is 19.1. The quantitative estimate of drug-likeness (QED) is 0.860. The molecule has 4 nitrogen and oxygen atoms in total. The molecular formula is C16H17FN2O2. The van der Waals surface area contributed by atoms with Gasteiger partial charge in [0.2, 0.25) is 0 Å². The normalized spacial score (nSPS) is 10.4. The second-order valence-corrected chi connectivity index (χ2v) is 4.63. The van der Waals surface area contributed by atoms with Gasteiger partial charge in [-0.15, -0.1) is 0 Å². The van der Waals surface area contributed by atoms with Crippen molar-refractivity contribution in [2.45, 2.75) is 6.61 Å². The third-order valence-corrected chi connectivity index (χ3v) is 3.10. The van der Waals surface area contributed by atoms with Crippen molar-refractivity contribution < 1.29 is 13.9 Å². The molecule has 0 fully saturated rings. The number of likely N-dealkylation sites (N-methyl/N-ethyl adjacent to an activating group) is 1. The van der Waals surface area contributed by atoms with Crippen molar-refractivity contribution >= 4 is 17.3 Å². The summed E-state index contributed by atoms with van der Waals surface area (Å²) in [5.41, 5.74) is 7.39. The molecule has 2 aromatic rings. The van der Waals surface area contributed by atoms with Crippen LogP contribution in [0, 0.1) is 5.82 Å². The Labute approximate surface area is 122 Å². The molecule has 0 saturated carbocycles. The number of nitrogens with zero attached hydrogens (tertiary/aromatic N) is 1. The number of nitrogen functional groups attached to an aromatic ring is 1. The minimum absolute atomic E-state index is 0.0635. The van der Waals surface area contributed by atoms with Gasteiger partial charge in [-0.3, -0.25) is 4.79 Å². The van der Waals surface area contributed by atoms with Crippen LogP contribution in [0.1, 0.15) is 5.56 Å². The van der Waals surface area contributed by atoms with Gasteiger partial charge in [0, 0.05) is 24.0 Å². The van der Waals surface area contributed by atoms with Crippen molar-refractivity contribution in [1.82, 2.24) is 0 Å². The van der Waals surface area contributed by atoms with Gasteiger partial charge >= 0.3 is 0 Å². The second-order valence-electron chi connectivity index (χ2n) is 4.63. The first-order valence-electron chi connectivity index (χ1n) is 6.51. The average Bonchev–Trinajstić information content (AvgIpc) is 2.49. The van der Waals surface area contributed by atoms with Crippen molar-refractivity contribution in [2.75, 3.05) is 24.3 Å². The first kappa shape index (κ1) is 15.0. The van der Waals surface area contributed by atoms with Gasteiger partial charge in [0.1, 0.15) is 12.4 Å². The fourth-order valence-corrected chi connectivity index (χ4v) is 1.80. The predicted molar refractivity (Wildman–Crippen MR) is 80.3 cm³/mol. The molecule has 5 heteroatoms. The van der Waals surface area contributed by atoms with E-state index in [-0.39, 0.29) is 24.9 Å². The lowest BCUT2D eigenvalue weighted by molar-refractivity contribution is -0.123. The second kappa shape index (κ2) is 6.85. The molecule has 21 heavy (non-hydrogen) atoms. The molecule has 0 heterocycles. The molecule has 1 amide bonds. The molecule has 2 aromatic carbocycles. The molecule has 2 N–H and O–H groups in total. The number of ether oxygens (including phenoxy) is 1. The number of anilines is 2. The summed E-state index contributed by atoms with van der Waals surface area (Å²) in [5, 5.41) is 0. The Hall–Kier alpha value is -2.40. The van der Waals surface area contributed by atoms with Crippen LogP contribution in [-0.2, 0) is 16.1 Å². The predicted octanol–water partition coefficient (Wildman–Crippen LogP) is 2.59. The molecule has 0 radical (unpaired) electrons. The third kappa shape index (κ3) is 4.03.